The molecule has 0 saturated heterocycles. The molecule has 0 unspecified atom stereocenters. The molecule has 114 valence electrons. The van der Waals surface area contributed by atoms with E-state index in [0.717, 1.165) is 35.4 Å². The monoisotopic (exact) mass is 294 g/mol. The number of hydrogen-bond donors (Lipinski definition) is 0. The summed E-state index contributed by atoms with van der Waals surface area (Å²) in [5.74, 6) is 2.37. The number of fused-ring (bicyclic) bond motifs is 1. The standard InChI is InChI=1S/C19H22N2O/c1-4-15-7-5-6-8-19(15)22-17-9-10-18-16(11-17)12-20-21(18)13-14(2)3/h5-12,14H,4,13H2,1-3H3. The van der Waals surface area contributed by atoms with Gasteiger partial charge in [0, 0.05) is 11.9 Å². The second kappa shape index (κ2) is 6.22. The topological polar surface area (TPSA) is 27.1 Å². The molecule has 0 saturated carbocycles. The first kappa shape index (κ1) is 14.6. The molecule has 0 amide bonds. The zero-order valence-corrected chi connectivity index (χ0v) is 13.4. The Bertz CT molecular complexity index is 774. The summed E-state index contributed by atoms with van der Waals surface area (Å²) in [5.41, 5.74) is 2.38. The normalized spacial score (nSPS) is 11.3. The molecular formula is C19H22N2O. The third-order valence-electron chi connectivity index (χ3n) is 3.73. The van der Waals surface area contributed by atoms with Crippen LogP contribution in [0.1, 0.15) is 26.3 Å². The minimum atomic E-state index is 0.579. The van der Waals surface area contributed by atoms with Crippen LogP contribution in [-0.2, 0) is 13.0 Å². The Morgan fingerprint density at radius 2 is 1.95 bits per heavy atom. The van der Waals surface area contributed by atoms with Gasteiger partial charge in [-0.2, -0.15) is 5.10 Å². The summed E-state index contributed by atoms with van der Waals surface area (Å²) >= 11 is 0. The van der Waals surface area contributed by atoms with Crippen molar-refractivity contribution in [2.24, 2.45) is 5.92 Å². The molecule has 0 atom stereocenters. The average molecular weight is 294 g/mol. The van der Waals surface area contributed by atoms with Crippen molar-refractivity contribution < 1.29 is 4.74 Å². The fourth-order valence-corrected chi connectivity index (χ4v) is 2.64. The Balaban J connectivity index is 1.89. The third kappa shape index (κ3) is 2.98. The van der Waals surface area contributed by atoms with E-state index >= 15 is 0 Å². The summed E-state index contributed by atoms with van der Waals surface area (Å²) in [6, 6.07) is 14.4. The highest BCUT2D eigenvalue weighted by atomic mass is 16.5. The summed E-state index contributed by atoms with van der Waals surface area (Å²) < 4.78 is 8.12. The molecule has 0 aliphatic heterocycles. The Hall–Kier alpha value is -2.29. The van der Waals surface area contributed by atoms with Crippen molar-refractivity contribution >= 4 is 10.9 Å². The third-order valence-corrected chi connectivity index (χ3v) is 3.73. The summed E-state index contributed by atoms with van der Waals surface area (Å²) in [7, 11) is 0. The number of para-hydroxylation sites is 1. The van der Waals surface area contributed by atoms with Gasteiger partial charge in [-0.05, 0) is 42.2 Å². The zero-order valence-electron chi connectivity index (χ0n) is 13.4. The van der Waals surface area contributed by atoms with Crippen LogP contribution in [0.3, 0.4) is 0 Å². The van der Waals surface area contributed by atoms with E-state index in [4.69, 9.17) is 4.74 Å². The lowest BCUT2D eigenvalue weighted by atomic mass is 10.1. The second-order valence-corrected chi connectivity index (χ2v) is 6.00. The van der Waals surface area contributed by atoms with Crippen LogP contribution in [-0.4, -0.2) is 9.78 Å². The Kier molecular flexibility index (Phi) is 4.14. The quantitative estimate of drug-likeness (QED) is 0.658. The van der Waals surface area contributed by atoms with Crippen LogP contribution in [0.4, 0.5) is 0 Å². The number of nitrogens with zero attached hydrogens (tertiary/aromatic N) is 2. The lowest BCUT2D eigenvalue weighted by molar-refractivity contribution is 0.477. The number of benzene rings is 2. The van der Waals surface area contributed by atoms with Crippen LogP contribution in [0.25, 0.3) is 10.9 Å². The second-order valence-electron chi connectivity index (χ2n) is 6.00. The lowest BCUT2D eigenvalue weighted by Crippen LogP contribution is -2.05. The molecule has 0 bridgehead atoms. The molecule has 0 fully saturated rings. The molecule has 3 rings (SSSR count). The highest BCUT2D eigenvalue weighted by molar-refractivity contribution is 5.80. The van der Waals surface area contributed by atoms with Crippen LogP contribution in [0.15, 0.2) is 48.7 Å². The van der Waals surface area contributed by atoms with Crippen molar-refractivity contribution in [3.05, 3.63) is 54.2 Å². The van der Waals surface area contributed by atoms with Crippen LogP contribution in [0.2, 0.25) is 0 Å². The van der Waals surface area contributed by atoms with Gasteiger partial charge in [-0.25, -0.2) is 0 Å². The molecule has 3 aromatic rings. The molecule has 3 heteroatoms. The van der Waals surface area contributed by atoms with Gasteiger partial charge >= 0.3 is 0 Å². The molecule has 0 aliphatic carbocycles. The van der Waals surface area contributed by atoms with Gasteiger partial charge in [0.1, 0.15) is 11.5 Å². The maximum Gasteiger partial charge on any atom is 0.130 e. The van der Waals surface area contributed by atoms with Crippen molar-refractivity contribution in [2.75, 3.05) is 0 Å². The van der Waals surface area contributed by atoms with Crippen LogP contribution >= 0.6 is 0 Å². The minimum Gasteiger partial charge on any atom is -0.457 e. The van der Waals surface area contributed by atoms with Crippen molar-refractivity contribution in [3.8, 4) is 11.5 Å². The van der Waals surface area contributed by atoms with Gasteiger partial charge in [0.15, 0.2) is 0 Å². The Morgan fingerprint density at radius 1 is 1.14 bits per heavy atom. The first-order valence-electron chi connectivity index (χ1n) is 7.88. The lowest BCUT2D eigenvalue weighted by Gasteiger charge is -2.10. The summed E-state index contributed by atoms with van der Waals surface area (Å²) in [6.07, 6.45) is 2.88. The number of ether oxygens (including phenoxy) is 1. The number of rotatable bonds is 5. The molecule has 1 aromatic heterocycles. The van der Waals surface area contributed by atoms with Gasteiger partial charge < -0.3 is 4.74 Å². The first-order chi connectivity index (χ1) is 10.7. The van der Waals surface area contributed by atoms with E-state index in [0.29, 0.717) is 5.92 Å². The zero-order chi connectivity index (χ0) is 15.5. The molecule has 0 radical (unpaired) electrons. The van der Waals surface area contributed by atoms with Crippen LogP contribution in [0.5, 0.6) is 11.5 Å². The van der Waals surface area contributed by atoms with Gasteiger partial charge in [0.05, 0.1) is 11.7 Å². The molecule has 22 heavy (non-hydrogen) atoms. The van der Waals surface area contributed by atoms with Gasteiger partial charge in [-0.1, -0.05) is 39.0 Å². The molecule has 0 spiro atoms. The molecule has 1 heterocycles. The van der Waals surface area contributed by atoms with E-state index in [1.165, 1.54) is 5.56 Å². The van der Waals surface area contributed by atoms with E-state index < -0.39 is 0 Å². The maximum absolute atomic E-state index is 6.06. The minimum absolute atomic E-state index is 0.579. The average Bonchev–Trinajstić information content (AvgIpc) is 2.89. The van der Waals surface area contributed by atoms with Crippen molar-refractivity contribution in [1.29, 1.82) is 0 Å². The van der Waals surface area contributed by atoms with Gasteiger partial charge in [-0.3, -0.25) is 4.68 Å². The maximum atomic E-state index is 6.06. The fourth-order valence-electron chi connectivity index (χ4n) is 2.64. The number of aromatic nitrogens is 2. The predicted molar refractivity (Wildman–Crippen MR) is 90.5 cm³/mol. The number of hydrogen-bond acceptors (Lipinski definition) is 2. The van der Waals surface area contributed by atoms with Gasteiger partial charge in [0.2, 0.25) is 0 Å². The van der Waals surface area contributed by atoms with Crippen molar-refractivity contribution in [1.82, 2.24) is 9.78 Å². The molecule has 3 nitrogen and oxygen atoms in total. The Labute approximate surface area is 131 Å². The number of aryl methyl sites for hydroxylation is 1. The highest BCUT2D eigenvalue weighted by Gasteiger charge is 2.07. The molecule has 2 aromatic carbocycles. The highest BCUT2D eigenvalue weighted by Crippen LogP contribution is 2.28. The molecule has 0 N–H and O–H groups in total. The van der Waals surface area contributed by atoms with E-state index in [9.17, 15) is 0 Å². The summed E-state index contributed by atoms with van der Waals surface area (Å²) in [6.45, 7) is 7.48. The predicted octanol–water partition coefficient (Wildman–Crippen LogP) is 5.05. The van der Waals surface area contributed by atoms with E-state index in [-0.39, 0.29) is 0 Å². The van der Waals surface area contributed by atoms with Crippen LogP contribution < -0.4 is 4.74 Å². The molecule has 0 aliphatic rings. The largest absolute Gasteiger partial charge is 0.457 e. The fraction of sp³-hybridized carbons (Fsp3) is 0.316. The van der Waals surface area contributed by atoms with E-state index in [2.05, 4.69) is 48.8 Å². The smallest absolute Gasteiger partial charge is 0.130 e. The Morgan fingerprint density at radius 3 is 2.73 bits per heavy atom. The summed E-state index contributed by atoms with van der Waals surface area (Å²) in [5, 5.41) is 5.60. The van der Waals surface area contributed by atoms with Crippen LogP contribution in [0, 0.1) is 5.92 Å². The van der Waals surface area contributed by atoms with E-state index in [1.807, 2.05) is 30.5 Å². The molecular weight excluding hydrogens is 272 g/mol. The summed E-state index contributed by atoms with van der Waals surface area (Å²) in [4.78, 5) is 0. The first-order valence-corrected chi connectivity index (χ1v) is 7.88. The van der Waals surface area contributed by atoms with Crippen molar-refractivity contribution in [2.45, 2.75) is 33.7 Å². The van der Waals surface area contributed by atoms with Gasteiger partial charge in [0.25, 0.3) is 0 Å². The van der Waals surface area contributed by atoms with E-state index in [1.54, 1.807) is 0 Å². The SMILES string of the molecule is CCc1ccccc1Oc1ccc2c(cnn2CC(C)C)c1. The van der Waals surface area contributed by atoms with Gasteiger partial charge in [-0.15, -0.1) is 0 Å². The van der Waals surface area contributed by atoms with Crippen molar-refractivity contribution in [3.63, 3.8) is 0 Å².